The molecule has 7 aromatic rings. The third-order valence-corrected chi connectivity index (χ3v) is 16.3. The van der Waals surface area contributed by atoms with Crippen molar-refractivity contribution in [2.75, 3.05) is 61.9 Å². The van der Waals surface area contributed by atoms with Gasteiger partial charge >= 0.3 is 18.1 Å². The molecule has 0 bridgehead atoms. The van der Waals surface area contributed by atoms with E-state index >= 15 is 17.6 Å². The first-order valence-corrected chi connectivity index (χ1v) is 26.0. The Kier molecular flexibility index (Phi) is 12.6. The van der Waals surface area contributed by atoms with Gasteiger partial charge in [0, 0.05) is 83.3 Å². The Morgan fingerprint density at radius 1 is 1.00 bits per heavy atom. The van der Waals surface area contributed by atoms with Crippen LogP contribution >= 0.6 is 0 Å². The summed E-state index contributed by atoms with van der Waals surface area (Å²) in [4.78, 5) is 72.3. The van der Waals surface area contributed by atoms with E-state index in [2.05, 4.69) is 27.8 Å². The predicted octanol–water partition coefficient (Wildman–Crippen LogP) is 7.76. The number of alkyl halides is 1. The number of fused-ring (bicyclic) bond motifs is 8. The summed E-state index contributed by atoms with van der Waals surface area (Å²) in [6.07, 6.45) is 5.24. The standard InChI is InChI=1S/C58H50F5N9O8/c1-5-35-40(60)9-8-30-15-34(64)17-36(46(30)35)47-42(62)18-37-50(48(47)63)67-55(80-27-57-10-7-11-70(57)24-33(59)21-57)68-51(37)71-13-12-69(22-29(71)4)52(73)28(3)25-79-56(76)66-44-16-31-14-32-23-72-45(49(32)65-43(31)20-41(44)61)19-39-38(53(72)74)26-78-54(75)58(39,77)6-2/h1,8-9,14-20,29,33,77H,3,6-7,10-13,21-27,64H2,2,4H3,(H,66,76)/t29-,33+,57-,58-/m0/s1. The summed E-state index contributed by atoms with van der Waals surface area (Å²) in [6, 6.07) is 11.3. The second-order valence-corrected chi connectivity index (χ2v) is 21.1. The Balaban J connectivity index is 0.762. The Morgan fingerprint density at radius 2 is 1.81 bits per heavy atom. The van der Waals surface area contributed by atoms with Crippen LogP contribution in [0.2, 0.25) is 0 Å². The lowest BCUT2D eigenvalue weighted by Crippen LogP contribution is -2.54. The van der Waals surface area contributed by atoms with Crippen LogP contribution in [-0.2, 0) is 37.8 Å². The Morgan fingerprint density at radius 3 is 2.59 bits per heavy atom. The summed E-state index contributed by atoms with van der Waals surface area (Å²) in [7, 11) is 0. The van der Waals surface area contributed by atoms with E-state index in [1.54, 1.807) is 30.9 Å². The number of nitrogens with one attached hydrogen (secondary N) is 1. The molecule has 4 atom stereocenters. The molecule has 12 rings (SSSR count). The molecule has 0 unspecified atom stereocenters. The molecule has 5 aliphatic heterocycles. The highest BCUT2D eigenvalue weighted by molar-refractivity contribution is 6.05. The number of benzene rings is 4. The number of anilines is 3. The number of hydrogen-bond acceptors (Lipinski definition) is 14. The topological polar surface area (TPSA) is 208 Å². The van der Waals surface area contributed by atoms with Crippen LogP contribution in [0.3, 0.4) is 0 Å². The van der Waals surface area contributed by atoms with E-state index in [-0.39, 0.29) is 132 Å². The number of aliphatic hydroxyl groups is 1. The lowest BCUT2D eigenvalue weighted by Gasteiger charge is -2.41. The molecule has 0 radical (unpaired) electrons. The number of carbonyl (C=O) groups excluding carboxylic acids is 3. The molecule has 0 spiro atoms. The van der Waals surface area contributed by atoms with Crippen molar-refractivity contribution in [1.82, 2.24) is 29.3 Å². The van der Waals surface area contributed by atoms with Crippen molar-refractivity contribution in [2.45, 2.75) is 76.0 Å². The lowest BCUT2D eigenvalue weighted by molar-refractivity contribution is -0.172. The summed E-state index contributed by atoms with van der Waals surface area (Å²) in [5, 5.41) is 14.3. The molecular weight excluding hydrogens is 1050 g/mol. The highest BCUT2D eigenvalue weighted by Gasteiger charge is 2.50. The fourth-order valence-electron chi connectivity index (χ4n) is 12.3. The Hall–Kier alpha value is -8.68. The third-order valence-electron chi connectivity index (χ3n) is 16.3. The number of piperazine rings is 1. The molecule has 410 valence electrons. The lowest BCUT2D eigenvalue weighted by atomic mass is 9.86. The van der Waals surface area contributed by atoms with Gasteiger partial charge in [0.15, 0.2) is 11.4 Å². The molecule has 5 aliphatic rings. The zero-order valence-corrected chi connectivity index (χ0v) is 43.2. The number of halogens is 5. The number of nitrogens with two attached hydrogens (primary N) is 1. The van der Waals surface area contributed by atoms with Crippen LogP contribution in [0.1, 0.15) is 61.8 Å². The van der Waals surface area contributed by atoms with Gasteiger partial charge in [0.25, 0.3) is 11.5 Å². The number of nitrogens with zero attached hydrogens (tertiary/aromatic N) is 7. The number of rotatable bonds is 10. The van der Waals surface area contributed by atoms with Gasteiger partial charge in [-0.3, -0.25) is 19.8 Å². The fraction of sp³-hybridized carbons (Fsp3) is 0.328. The molecule has 17 nitrogen and oxygen atoms in total. The van der Waals surface area contributed by atoms with Crippen molar-refractivity contribution in [1.29, 1.82) is 0 Å². The molecule has 3 saturated heterocycles. The van der Waals surface area contributed by atoms with Gasteiger partial charge in [0.1, 0.15) is 54.8 Å². The fourth-order valence-corrected chi connectivity index (χ4v) is 12.3. The van der Waals surface area contributed by atoms with Gasteiger partial charge in [-0.2, -0.15) is 9.97 Å². The van der Waals surface area contributed by atoms with Gasteiger partial charge in [-0.1, -0.05) is 25.5 Å². The van der Waals surface area contributed by atoms with Crippen LogP contribution in [-0.4, -0.2) is 116 Å². The zero-order valence-electron chi connectivity index (χ0n) is 43.2. The van der Waals surface area contributed by atoms with E-state index in [1.807, 2.05) is 4.90 Å². The maximum atomic E-state index is 17.4. The number of nitrogen functional groups attached to an aromatic ring is 1. The van der Waals surface area contributed by atoms with E-state index in [1.165, 1.54) is 33.7 Å². The summed E-state index contributed by atoms with van der Waals surface area (Å²) in [5.74, 6) is -2.88. The minimum absolute atomic E-state index is 0.00762. The number of cyclic esters (lactones) is 1. The average molecular weight is 1100 g/mol. The van der Waals surface area contributed by atoms with Crippen molar-refractivity contribution in [3.05, 3.63) is 123 Å². The van der Waals surface area contributed by atoms with Gasteiger partial charge in [-0.25, -0.2) is 36.5 Å². The summed E-state index contributed by atoms with van der Waals surface area (Å²) in [6.45, 7) is 7.50. The quantitative estimate of drug-likeness (QED) is 0.0394. The second kappa shape index (κ2) is 19.3. The second-order valence-electron chi connectivity index (χ2n) is 21.1. The molecule has 4 N–H and O–H groups in total. The largest absolute Gasteiger partial charge is 0.461 e. The van der Waals surface area contributed by atoms with Crippen molar-refractivity contribution in [2.24, 2.45) is 0 Å². The number of carbonyl (C=O) groups is 3. The summed E-state index contributed by atoms with van der Waals surface area (Å²) < 4.78 is 98.0. The monoisotopic (exact) mass is 1100 g/mol. The third kappa shape index (κ3) is 8.40. The van der Waals surface area contributed by atoms with Crippen LogP contribution in [0.15, 0.2) is 71.5 Å². The van der Waals surface area contributed by atoms with Gasteiger partial charge in [0.2, 0.25) is 0 Å². The zero-order chi connectivity index (χ0) is 56.3. The number of esters is 1. The van der Waals surface area contributed by atoms with Crippen LogP contribution in [0.25, 0.3) is 55.1 Å². The van der Waals surface area contributed by atoms with Crippen molar-refractivity contribution in [3.63, 3.8) is 0 Å². The molecular formula is C58H50F5N9O8. The maximum absolute atomic E-state index is 17.4. The van der Waals surface area contributed by atoms with E-state index in [4.69, 9.17) is 31.4 Å². The van der Waals surface area contributed by atoms with Crippen LogP contribution in [0.5, 0.6) is 6.01 Å². The minimum Gasteiger partial charge on any atom is -0.461 e. The number of pyridine rings is 2. The van der Waals surface area contributed by atoms with Gasteiger partial charge in [-0.05, 0) is 86.1 Å². The normalized spacial score (nSPS) is 21.3. The van der Waals surface area contributed by atoms with Crippen molar-refractivity contribution >= 4 is 67.7 Å². The van der Waals surface area contributed by atoms with E-state index in [0.29, 0.717) is 40.7 Å². The highest BCUT2D eigenvalue weighted by Crippen LogP contribution is 2.44. The Labute approximate surface area is 452 Å². The van der Waals surface area contributed by atoms with Gasteiger partial charge < -0.3 is 39.4 Å². The molecule has 2 amide bonds. The summed E-state index contributed by atoms with van der Waals surface area (Å²) in [5.41, 5.74) is 3.39. The molecule has 22 heteroatoms. The Bertz CT molecular complexity index is 4000. The average Bonchev–Trinajstić information content (AvgIpc) is 3.46. The SMILES string of the molecule is C#Cc1c(F)ccc2cc(N)cc(-c3c(F)cc4c(N5CCN(C(=O)C(=C)COC(=O)Nc6cc7cc8c(nc7cc6F)-c6cc7c(c(=O)n6C8)COC(=O)[C@]7(O)CC)C[C@@H]5C)nc(OC[C@@]56CCCN5C[C@H](F)C6)nc4c3F)c12. The van der Waals surface area contributed by atoms with Crippen molar-refractivity contribution < 1.29 is 55.7 Å². The molecule has 0 aliphatic carbocycles. The number of amides is 2. The molecule has 8 heterocycles. The molecule has 0 saturated carbocycles. The molecule has 80 heavy (non-hydrogen) atoms. The highest BCUT2D eigenvalue weighted by atomic mass is 19.1. The molecule has 4 aromatic carbocycles. The maximum Gasteiger partial charge on any atom is 0.412 e. The van der Waals surface area contributed by atoms with Gasteiger partial charge in [0.05, 0.1) is 51.4 Å². The first-order chi connectivity index (χ1) is 38.3. The van der Waals surface area contributed by atoms with E-state index in [9.17, 15) is 28.7 Å². The molecule has 3 aromatic heterocycles. The minimum atomic E-state index is -2.02. The van der Waals surface area contributed by atoms with Crippen molar-refractivity contribution in [3.8, 4) is 40.9 Å². The number of hydrogen-bond donors (Lipinski definition) is 3. The van der Waals surface area contributed by atoms with Crippen LogP contribution < -0.4 is 26.2 Å². The predicted molar refractivity (Wildman–Crippen MR) is 285 cm³/mol. The summed E-state index contributed by atoms with van der Waals surface area (Å²) >= 11 is 0. The first kappa shape index (κ1) is 52.0. The number of terminal acetylenes is 1. The number of aromatic nitrogens is 4. The molecule has 3 fully saturated rings. The van der Waals surface area contributed by atoms with Crippen LogP contribution in [0.4, 0.5) is 43.9 Å². The van der Waals surface area contributed by atoms with Crippen LogP contribution in [0, 0.1) is 35.6 Å². The van der Waals surface area contributed by atoms with E-state index in [0.717, 1.165) is 24.6 Å². The smallest absolute Gasteiger partial charge is 0.412 e. The number of ether oxygens (including phenoxy) is 3. The first-order valence-electron chi connectivity index (χ1n) is 26.0. The van der Waals surface area contributed by atoms with E-state index < -0.39 is 82.3 Å². The van der Waals surface area contributed by atoms with Gasteiger partial charge in [-0.15, -0.1) is 6.42 Å².